The van der Waals surface area contributed by atoms with Gasteiger partial charge in [-0.3, -0.25) is 4.79 Å². The zero-order chi connectivity index (χ0) is 53.7. The third-order valence-electron chi connectivity index (χ3n) is 15.0. The average Bonchev–Trinajstić information content (AvgIpc) is 3.40. The van der Waals surface area contributed by atoms with E-state index in [1.54, 1.807) is 0 Å². The van der Waals surface area contributed by atoms with E-state index < -0.39 is 80.7 Å². The van der Waals surface area contributed by atoms with Crippen LogP contribution in [-0.4, -0.2) is 142 Å². The first kappa shape index (κ1) is 68.8. The molecule has 2 aliphatic heterocycles. The summed E-state index contributed by atoms with van der Waals surface area (Å²) in [5, 5.41) is 72.4. The Bertz CT molecular complexity index is 1270. The maximum Gasteiger partial charge on any atom is 0.306 e. The van der Waals surface area contributed by atoms with E-state index in [1.807, 2.05) is 0 Å². The van der Waals surface area contributed by atoms with Gasteiger partial charge in [-0.05, 0) is 38.5 Å². The van der Waals surface area contributed by atoms with Crippen LogP contribution in [0, 0.1) is 0 Å². The van der Waals surface area contributed by atoms with Crippen molar-refractivity contribution < 1.29 is 69.0 Å². The summed E-state index contributed by atoms with van der Waals surface area (Å²) in [5.74, 6) is -0.370. The van der Waals surface area contributed by atoms with Gasteiger partial charge >= 0.3 is 5.97 Å². The minimum Gasteiger partial charge on any atom is -0.457 e. The molecule has 11 atom stereocenters. The van der Waals surface area contributed by atoms with Crippen LogP contribution in [0.15, 0.2) is 12.2 Å². The Morgan fingerprint density at radius 3 is 1.23 bits per heavy atom. The number of aliphatic hydroxyl groups excluding tert-OH is 7. The first-order valence-electron chi connectivity index (χ1n) is 30.8. The third kappa shape index (κ3) is 33.9. The van der Waals surface area contributed by atoms with Gasteiger partial charge in [0, 0.05) is 13.0 Å². The number of carbonyl (C=O) groups excluding carboxylic acids is 1. The number of rotatable bonds is 51. The van der Waals surface area contributed by atoms with Crippen LogP contribution in [-0.2, 0) is 33.2 Å². The molecule has 14 heteroatoms. The van der Waals surface area contributed by atoms with Crippen LogP contribution in [0.2, 0.25) is 0 Å². The zero-order valence-electron chi connectivity index (χ0n) is 47.1. The van der Waals surface area contributed by atoms with Crippen LogP contribution in [0.25, 0.3) is 0 Å². The second-order valence-electron chi connectivity index (χ2n) is 21.9. The summed E-state index contributed by atoms with van der Waals surface area (Å²) in [6, 6.07) is 0. The van der Waals surface area contributed by atoms with Gasteiger partial charge in [0.25, 0.3) is 0 Å². The van der Waals surface area contributed by atoms with Crippen molar-refractivity contribution >= 4 is 5.97 Å². The van der Waals surface area contributed by atoms with Gasteiger partial charge in [0.1, 0.15) is 54.9 Å². The molecule has 74 heavy (non-hydrogen) atoms. The average molecular weight is 1060 g/mol. The maximum absolute atomic E-state index is 13.1. The molecule has 2 saturated heterocycles. The van der Waals surface area contributed by atoms with Crippen LogP contribution in [0.3, 0.4) is 0 Å². The summed E-state index contributed by atoms with van der Waals surface area (Å²) in [5.41, 5.74) is 0. The van der Waals surface area contributed by atoms with Crippen molar-refractivity contribution in [3.63, 3.8) is 0 Å². The summed E-state index contributed by atoms with van der Waals surface area (Å²) in [6.45, 7) is 3.75. The Kier molecular flexibility index (Phi) is 44.4. The van der Waals surface area contributed by atoms with E-state index in [-0.39, 0.29) is 25.6 Å². The SMILES string of the molecule is CCCCCCCCC/C=C\CCCCCCCCCCOCC(COC1OC(COC2OC(CO)C(O)C(O)C2O)C(O)C(O)C1O)OC(=O)CCCCCCCCCCCCCCCCCCCCCCC. The summed E-state index contributed by atoms with van der Waals surface area (Å²) in [7, 11) is 0. The van der Waals surface area contributed by atoms with Crippen molar-refractivity contribution in [2.45, 2.75) is 332 Å². The second-order valence-corrected chi connectivity index (χ2v) is 21.9. The van der Waals surface area contributed by atoms with Gasteiger partial charge in [-0.1, -0.05) is 231 Å². The van der Waals surface area contributed by atoms with Crippen molar-refractivity contribution in [1.82, 2.24) is 0 Å². The lowest BCUT2D eigenvalue weighted by atomic mass is 9.98. The number of unbranched alkanes of at least 4 members (excludes halogenated alkanes) is 35. The molecule has 2 heterocycles. The molecule has 11 unspecified atom stereocenters. The van der Waals surface area contributed by atoms with Crippen molar-refractivity contribution in [3.05, 3.63) is 12.2 Å². The number of aliphatic hydroxyl groups is 7. The lowest BCUT2D eigenvalue weighted by molar-refractivity contribution is -0.332. The first-order valence-corrected chi connectivity index (χ1v) is 30.8. The normalized spacial score (nSPS) is 24.8. The van der Waals surface area contributed by atoms with Gasteiger partial charge in [0.05, 0.1) is 26.4 Å². The van der Waals surface area contributed by atoms with Gasteiger partial charge in [-0.25, -0.2) is 0 Å². The van der Waals surface area contributed by atoms with E-state index in [4.69, 9.17) is 28.4 Å². The topological polar surface area (TPSA) is 214 Å². The molecule has 0 aliphatic carbocycles. The molecular formula is C60H114O14. The number of hydrogen-bond acceptors (Lipinski definition) is 14. The highest BCUT2D eigenvalue weighted by molar-refractivity contribution is 5.69. The van der Waals surface area contributed by atoms with Gasteiger partial charge in [-0.2, -0.15) is 0 Å². The molecule has 438 valence electrons. The minimum absolute atomic E-state index is 0.0657. The van der Waals surface area contributed by atoms with Crippen molar-refractivity contribution in [2.75, 3.05) is 33.0 Å². The van der Waals surface area contributed by atoms with Gasteiger partial charge in [-0.15, -0.1) is 0 Å². The predicted molar refractivity (Wildman–Crippen MR) is 294 cm³/mol. The molecule has 0 bridgehead atoms. The number of hydrogen-bond donors (Lipinski definition) is 7. The summed E-state index contributed by atoms with van der Waals surface area (Å²) in [6.07, 6.45) is 37.0. The van der Waals surface area contributed by atoms with Gasteiger partial charge in [0.15, 0.2) is 12.6 Å². The Balaban J connectivity index is 1.69. The quantitative estimate of drug-likeness (QED) is 0.0172. The van der Waals surface area contributed by atoms with Crippen LogP contribution in [0.5, 0.6) is 0 Å². The van der Waals surface area contributed by atoms with Gasteiger partial charge in [0.2, 0.25) is 0 Å². The molecule has 0 spiro atoms. The fraction of sp³-hybridized carbons (Fsp3) is 0.950. The molecule has 0 radical (unpaired) electrons. The fourth-order valence-corrected chi connectivity index (χ4v) is 10.0. The molecule has 0 aromatic carbocycles. The van der Waals surface area contributed by atoms with E-state index in [0.29, 0.717) is 13.0 Å². The predicted octanol–water partition coefficient (Wildman–Crippen LogP) is 11.4. The molecular weight excluding hydrogens is 945 g/mol. The Morgan fingerprint density at radius 2 is 0.797 bits per heavy atom. The highest BCUT2D eigenvalue weighted by atomic mass is 16.7. The number of carbonyl (C=O) groups is 1. The van der Waals surface area contributed by atoms with E-state index in [1.165, 1.54) is 199 Å². The zero-order valence-corrected chi connectivity index (χ0v) is 47.1. The molecule has 7 N–H and O–H groups in total. The van der Waals surface area contributed by atoms with Crippen LogP contribution >= 0.6 is 0 Å². The Morgan fingerprint density at radius 1 is 0.432 bits per heavy atom. The molecule has 0 aromatic heterocycles. The van der Waals surface area contributed by atoms with E-state index >= 15 is 0 Å². The van der Waals surface area contributed by atoms with Crippen molar-refractivity contribution in [2.24, 2.45) is 0 Å². The van der Waals surface area contributed by atoms with Crippen LogP contribution in [0.4, 0.5) is 0 Å². The number of allylic oxidation sites excluding steroid dienone is 2. The molecule has 2 rings (SSSR count). The maximum atomic E-state index is 13.1. The lowest BCUT2D eigenvalue weighted by Gasteiger charge is -2.42. The summed E-state index contributed by atoms with van der Waals surface area (Å²) in [4.78, 5) is 13.1. The standard InChI is InChI=1S/C60H114O14/c1-3-5-7-9-11-13-15-17-19-21-23-24-25-27-29-31-33-35-37-39-41-43-52(62)72-49(46-69-44-42-40-38-36-34-32-30-28-26-22-20-18-16-14-12-10-8-6-4-2)47-70-59-58(68)56(66)54(64)51(74-59)48-71-60-57(67)55(65)53(63)50(45-61)73-60/h20,22,49-51,53-61,63-68H,3-19,21,23-48H2,1-2H3/b22-20-. The molecule has 2 fully saturated rings. The molecule has 14 nitrogen and oxygen atoms in total. The first-order chi connectivity index (χ1) is 36.1. The number of ether oxygens (including phenoxy) is 6. The fourth-order valence-electron chi connectivity index (χ4n) is 10.0. The largest absolute Gasteiger partial charge is 0.457 e. The second kappa shape index (κ2) is 47.7. The van der Waals surface area contributed by atoms with Crippen LogP contribution in [0.1, 0.15) is 264 Å². The van der Waals surface area contributed by atoms with E-state index in [9.17, 15) is 40.5 Å². The third-order valence-corrected chi connectivity index (χ3v) is 15.0. The highest BCUT2D eigenvalue weighted by Crippen LogP contribution is 2.27. The molecule has 0 amide bonds. The Labute approximate surface area is 450 Å². The Hall–Kier alpha value is -1.27. The van der Waals surface area contributed by atoms with E-state index in [0.717, 1.165) is 38.5 Å². The van der Waals surface area contributed by atoms with Crippen molar-refractivity contribution in [1.29, 1.82) is 0 Å². The van der Waals surface area contributed by atoms with Gasteiger partial charge < -0.3 is 64.2 Å². The summed E-state index contributed by atoms with van der Waals surface area (Å²) >= 11 is 0. The van der Waals surface area contributed by atoms with Crippen LogP contribution < -0.4 is 0 Å². The summed E-state index contributed by atoms with van der Waals surface area (Å²) < 4.78 is 34.5. The minimum atomic E-state index is -1.70. The molecule has 2 aliphatic rings. The number of esters is 1. The highest BCUT2D eigenvalue weighted by Gasteiger charge is 2.47. The monoisotopic (exact) mass is 1060 g/mol. The molecule has 0 aromatic rings. The lowest BCUT2D eigenvalue weighted by Crippen LogP contribution is -2.61. The molecule has 0 saturated carbocycles. The van der Waals surface area contributed by atoms with E-state index in [2.05, 4.69) is 26.0 Å². The van der Waals surface area contributed by atoms with Crippen molar-refractivity contribution in [3.8, 4) is 0 Å². The smallest absolute Gasteiger partial charge is 0.306 e.